The normalized spacial score (nSPS) is 18.5. The summed E-state index contributed by atoms with van der Waals surface area (Å²) in [5.41, 5.74) is 6.63. The van der Waals surface area contributed by atoms with Crippen molar-refractivity contribution in [2.24, 2.45) is 11.7 Å². The molecule has 0 aromatic heterocycles. The third kappa shape index (κ3) is 3.43. The van der Waals surface area contributed by atoms with Gasteiger partial charge in [0.1, 0.15) is 5.82 Å². The Kier molecular flexibility index (Phi) is 4.41. The van der Waals surface area contributed by atoms with Crippen LogP contribution >= 0.6 is 11.6 Å². The van der Waals surface area contributed by atoms with Crippen molar-refractivity contribution in [2.75, 3.05) is 0 Å². The molecule has 0 bridgehead atoms. The van der Waals surface area contributed by atoms with Crippen LogP contribution in [0.15, 0.2) is 18.2 Å². The van der Waals surface area contributed by atoms with Gasteiger partial charge in [0.2, 0.25) is 0 Å². The zero-order valence-corrected chi connectivity index (χ0v) is 10.7. The molecular weight excluding hydrogens is 237 g/mol. The lowest BCUT2D eigenvalue weighted by atomic mass is 9.95. The van der Waals surface area contributed by atoms with Crippen molar-refractivity contribution in [3.8, 4) is 0 Å². The summed E-state index contributed by atoms with van der Waals surface area (Å²) in [7, 11) is 0. The predicted octanol–water partition coefficient (Wildman–Crippen LogP) is 4.45. The Balaban J connectivity index is 1.91. The third-order valence-corrected chi connectivity index (χ3v) is 3.96. The summed E-state index contributed by atoms with van der Waals surface area (Å²) >= 11 is 5.72. The van der Waals surface area contributed by atoms with E-state index in [1.807, 2.05) is 0 Å². The van der Waals surface area contributed by atoms with Gasteiger partial charge in [-0.25, -0.2) is 4.39 Å². The molecule has 2 N–H and O–H groups in total. The SMILES string of the molecule is NC(CCC1CCCC1)c1ccc(Cl)cc1F. The van der Waals surface area contributed by atoms with E-state index >= 15 is 0 Å². The third-order valence-electron chi connectivity index (χ3n) is 3.72. The van der Waals surface area contributed by atoms with Gasteiger partial charge in [-0.3, -0.25) is 0 Å². The Labute approximate surface area is 107 Å². The Bertz CT molecular complexity index is 374. The highest BCUT2D eigenvalue weighted by atomic mass is 35.5. The van der Waals surface area contributed by atoms with Crippen molar-refractivity contribution in [3.05, 3.63) is 34.6 Å². The summed E-state index contributed by atoms with van der Waals surface area (Å²) in [4.78, 5) is 0. The number of rotatable bonds is 4. The largest absolute Gasteiger partial charge is 0.324 e. The second-order valence-electron chi connectivity index (χ2n) is 5.00. The van der Waals surface area contributed by atoms with E-state index in [1.165, 1.54) is 31.7 Å². The van der Waals surface area contributed by atoms with Crippen LogP contribution in [0.2, 0.25) is 5.02 Å². The minimum atomic E-state index is -0.281. The van der Waals surface area contributed by atoms with Crippen LogP contribution in [0.5, 0.6) is 0 Å². The van der Waals surface area contributed by atoms with Gasteiger partial charge >= 0.3 is 0 Å². The van der Waals surface area contributed by atoms with Crippen molar-refractivity contribution in [3.63, 3.8) is 0 Å². The fraction of sp³-hybridized carbons (Fsp3) is 0.571. The molecule has 0 radical (unpaired) electrons. The fourth-order valence-electron chi connectivity index (χ4n) is 2.67. The summed E-state index contributed by atoms with van der Waals surface area (Å²) in [6, 6.07) is 4.55. The van der Waals surface area contributed by atoms with E-state index in [4.69, 9.17) is 17.3 Å². The molecule has 1 fully saturated rings. The van der Waals surface area contributed by atoms with Crippen molar-refractivity contribution in [1.82, 2.24) is 0 Å². The van der Waals surface area contributed by atoms with Gasteiger partial charge in [0.15, 0.2) is 0 Å². The molecule has 0 aliphatic heterocycles. The molecule has 0 heterocycles. The zero-order chi connectivity index (χ0) is 12.3. The summed E-state index contributed by atoms with van der Waals surface area (Å²) in [6.07, 6.45) is 7.29. The first-order valence-corrected chi connectivity index (χ1v) is 6.75. The molecule has 1 nitrogen and oxygen atoms in total. The minimum absolute atomic E-state index is 0.201. The molecule has 2 rings (SSSR count). The van der Waals surface area contributed by atoms with E-state index < -0.39 is 0 Å². The maximum atomic E-state index is 13.6. The molecule has 1 saturated carbocycles. The van der Waals surface area contributed by atoms with Gasteiger partial charge in [-0.05, 0) is 30.9 Å². The molecule has 1 aliphatic rings. The minimum Gasteiger partial charge on any atom is -0.324 e. The average molecular weight is 256 g/mol. The van der Waals surface area contributed by atoms with Crippen LogP contribution in [-0.4, -0.2) is 0 Å². The maximum Gasteiger partial charge on any atom is 0.129 e. The molecule has 1 aromatic rings. The van der Waals surface area contributed by atoms with Crippen LogP contribution in [0.1, 0.15) is 50.1 Å². The van der Waals surface area contributed by atoms with Crippen LogP contribution in [-0.2, 0) is 0 Å². The van der Waals surface area contributed by atoms with Gasteiger partial charge in [0.05, 0.1) is 0 Å². The van der Waals surface area contributed by atoms with Crippen LogP contribution in [0.3, 0.4) is 0 Å². The molecule has 3 heteroatoms. The highest BCUT2D eigenvalue weighted by Crippen LogP contribution is 2.31. The number of hydrogen-bond acceptors (Lipinski definition) is 1. The maximum absolute atomic E-state index is 13.6. The number of nitrogens with two attached hydrogens (primary N) is 1. The molecule has 1 unspecified atom stereocenters. The van der Waals surface area contributed by atoms with Crippen LogP contribution in [0.25, 0.3) is 0 Å². The molecule has 0 spiro atoms. The quantitative estimate of drug-likeness (QED) is 0.845. The Hall–Kier alpha value is -0.600. The van der Waals surface area contributed by atoms with Crippen molar-refractivity contribution in [2.45, 2.75) is 44.6 Å². The van der Waals surface area contributed by atoms with Gasteiger partial charge < -0.3 is 5.73 Å². The molecular formula is C14H19ClFN. The standard InChI is InChI=1S/C14H19ClFN/c15-11-6-7-12(13(16)9-11)14(17)8-5-10-3-1-2-4-10/h6-7,9-10,14H,1-5,8,17H2. The number of benzene rings is 1. The molecule has 1 atom stereocenters. The van der Waals surface area contributed by atoms with Crippen molar-refractivity contribution in [1.29, 1.82) is 0 Å². The second-order valence-corrected chi connectivity index (χ2v) is 5.44. The lowest BCUT2D eigenvalue weighted by Crippen LogP contribution is -2.13. The Morgan fingerprint density at radius 2 is 2.06 bits per heavy atom. The zero-order valence-electron chi connectivity index (χ0n) is 9.96. The molecule has 0 saturated heterocycles. The summed E-state index contributed by atoms with van der Waals surface area (Å²) in [5.74, 6) is 0.521. The van der Waals surface area contributed by atoms with E-state index in [0.29, 0.717) is 10.6 Å². The Morgan fingerprint density at radius 1 is 1.35 bits per heavy atom. The highest BCUT2D eigenvalue weighted by Gasteiger charge is 2.18. The molecule has 1 aromatic carbocycles. The monoisotopic (exact) mass is 255 g/mol. The summed E-state index contributed by atoms with van der Waals surface area (Å²) < 4.78 is 13.6. The first kappa shape index (κ1) is 12.8. The second kappa shape index (κ2) is 5.83. The molecule has 17 heavy (non-hydrogen) atoms. The first-order chi connectivity index (χ1) is 8.16. The van der Waals surface area contributed by atoms with Gasteiger partial charge in [-0.1, -0.05) is 43.4 Å². The van der Waals surface area contributed by atoms with E-state index in [2.05, 4.69) is 0 Å². The molecule has 0 amide bonds. The summed E-state index contributed by atoms with van der Waals surface area (Å²) in [6.45, 7) is 0. The predicted molar refractivity (Wildman–Crippen MR) is 69.5 cm³/mol. The van der Waals surface area contributed by atoms with E-state index in [-0.39, 0.29) is 11.9 Å². The van der Waals surface area contributed by atoms with Gasteiger partial charge in [-0.2, -0.15) is 0 Å². The van der Waals surface area contributed by atoms with E-state index in [1.54, 1.807) is 12.1 Å². The summed E-state index contributed by atoms with van der Waals surface area (Å²) in [5, 5.41) is 0.425. The molecule has 1 aliphatic carbocycles. The Morgan fingerprint density at radius 3 is 2.71 bits per heavy atom. The number of halogens is 2. The van der Waals surface area contributed by atoms with Gasteiger partial charge in [0, 0.05) is 16.6 Å². The van der Waals surface area contributed by atoms with Gasteiger partial charge in [-0.15, -0.1) is 0 Å². The smallest absolute Gasteiger partial charge is 0.129 e. The lowest BCUT2D eigenvalue weighted by molar-refractivity contribution is 0.446. The van der Waals surface area contributed by atoms with Crippen LogP contribution in [0.4, 0.5) is 4.39 Å². The topological polar surface area (TPSA) is 26.0 Å². The first-order valence-electron chi connectivity index (χ1n) is 6.37. The number of hydrogen-bond donors (Lipinski definition) is 1. The fourth-order valence-corrected chi connectivity index (χ4v) is 2.83. The van der Waals surface area contributed by atoms with E-state index in [0.717, 1.165) is 18.8 Å². The lowest BCUT2D eigenvalue weighted by Gasteiger charge is -2.15. The highest BCUT2D eigenvalue weighted by molar-refractivity contribution is 6.30. The average Bonchev–Trinajstić information content (AvgIpc) is 2.78. The van der Waals surface area contributed by atoms with Crippen LogP contribution < -0.4 is 5.73 Å². The van der Waals surface area contributed by atoms with Crippen molar-refractivity contribution >= 4 is 11.6 Å². The van der Waals surface area contributed by atoms with Crippen LogP contribution in [0, 0.1) is 11.7 Å². The van der Waals surface area contributed by atoms with E-state index in [9.17, 15) is 4.39 Å². The molecule has 94 valence electrons. The van der Waals surface area contributed by atoms with Gasteiger partial charge in [0.25, 0.3) is 0 Å². The van der Waals surface area contributed by atoms with Crippen molar-refractivity contribution < 1.29 is 4.39 Å².